The highest BCUT2D eigenvalue weighted by Gasteiger charge is 2.18. The molecule has 0 aromatic heterocycles. The SMILES string of the molecule is CCN(CC(C)(C)O)c1ccc(CNC(C)C)c(C)c1. The van der Waals surface area contributed by atoms with Gasteiger partial charge in [0.15, 0.2) is 0 Å². The maximum Gasteiger partial charge on any atom is 0.0765 e. The summed E-state index contributed by atoms with van der Waals surface area (Å²) in [6, 6.07) is 7.05. The number of nitrogens with zero attached hydrogens (tertiary/aromatic N) is 1. The number of benzene rings is 1. The van der Waals surface area contributed by atoms with Gasteiger partial charge in [-0.05, 0) is 51.0 Å². The zero-order valence-electron chi connectivity index (χ0n) is 13.8. The van der Waals surface area contributed by atoms with Crippen LogP contribution in [0, 0.1) is 6.92 Å². The molecule has 1 rings (SSSR count). The van der Waals surface area contributed by atoms with Gasteiger partial charge in [-0.15, -0.1) is 0 Å². The van der Waals surface area contributed by atoms with E-state index in [2.05, 4.69) is 56.1 Å². The molecule has 0 bridgehead atoms. The van der Waals surface area contributed by atoms with Gasteiger partial charge in [-0.2, -0.15) is 0 Å². The fourth-order valence-electron chi connectivity index (χ4n) is 2.24. The first-order valence-corrected chi connectivity index (χ1v) is 7.53. The average Bonchev–Trinajstić information content (AvgIpc) is 2.33. The van der Waals surface area contributed by atoms with Gasteiger partial charge in [0.05, 0.1) is 5.60 Å². The molecule has 0 saturated heterocycles. The van der Waals surface area contributed by atoms with Crippen LogP contribution in [0.3, 0.4) is 0 Å². The third-order valence-corrected chi connectivity index (χ3v) is 3.35. The zero-order valence-corrected chi connectivity index (χ0v) is 13.8. The van der Waals surface area contributed by atoms with Crippen molar-refractivity contribution in [2.45, 2.75) is 59.7 Å². The third-order valence-electron chi connectivity index (χ3n) is 3.35. The lowest BCUT2D eigenvalue weighted by atomic mass is 10.1. The monoisotopic (exact) mass is 278 g/mol. The second-order valence-electron chi connectivity index (χ2n) is 6.47. The Balaban J connectivity index is 2.84. The normalized spacial score (nSPS) is 12.0. The minimum absolute atomic E-state index is 0.497. The lowest BCUT2D eigenvalue weighted by Gasteiger charge is -2.30. The first-order valence-electron chi connectivity index (χ1n) is 7.53. The molecular weight excluding hydrogens is 248 g/mol. The van der Waals surface area contributed by atoms with Crippen molar-refractivity contribution in [1.82, 2.24) is 5.32 Å². The van der Waals surface area contributed by atoms with Gasteiger partial charge in [0.2, 0.25) is 0 Å². The molecule has 0 unspecified atom stereocenters. The smallest absolute Gasteiger partial charge is 0.0765 e. The van der Waals surface area contributed by atoms with Crippen LogP contribution < -0.4 is 10.2 Å². The van der Waals surface area contributed by atoms with Crippen molar-refractivity contribution in [3.05, 3.63) is 29.3 Å². The molecule has 0 aliphatic heterocycles. The number of hydrogen-bond acceptors (Lipinski definition) is 3. The van der Waals surface area contributed by atoms with Gasteiger partial charge >= 0.3 is 0 Å². The van der Waals surface area contributed by atoms with Crippen molar-refractivity contribution in [1.29, 1.82) is 0 Å². The van der Waals surface area contributed by atoms with E-state index in [1.54, 1.807) is 0 Å². The minimum atomic E-state index is -0.679. The van der Waals surface area contributed by atoms with Gasteiger partial charge in [0.25, 0.3) is 0 Å². The van der Waals surface area contributed by atoms with E-state index in [1.165, 1.54) is 16.8 Å². The van der Waals surface area contributed by atoms with Crippen LogP contribution in [0.15, 0.2) is 18.2 Å². The van der Waals surface area contributed by atoms with E-state index in [0.29, 0.717) is 12.6 Å². The molecule has 0 aliphatic rings. The molecule has 3 heteroatoms. The maximum atomic E-state index is 10.00. The van der Waals surface area contributed by atoms with Crippen LogP contribution in [-0.4, -0.2) is 29.8 Å². The molecule has 20 heavy (non-hydrogen) atoms. The molecule has 0 atom stereocenters. The summed E-state index contributed by atoms with van der Waals surface area (Å²) in [5, 5.41) is 13.4. The fourth-order valence-corrected chi connectivity index (χ4v) is 2.24. The molecule has 0 heterocycles. The molecule has 1 aromatic rings. The number of aliphatic hydroxyl groups is 1. The van der Waals surface area contributed by atoms with E-state index in [-0.39, 0.29) is 0 Å². The van der Waals surface area contributed by atoms with Crippen LogP contribution in [0.4, 0.5) is 5.69 Å². The van der Waals surface area contributed by atoms with Crippen LogP contribution in [0.1, 0.15) is 45.7 Å². The Morgan fingerprint density at radius 2 is 1.95 bits per heavy atom. The largest absolute Gasteiger partial charge is 0.389 e. The Morgan fingerprint density at radius 1 is 1.30 bits per heavy atom. The van der Waals surface area contributed by atoms with Crippen molar-refractivity contribution in [3.63, 3.8) is 0 Å². The lowest BCUT2D eigenvalue weighted by Crippen LogP contribution is -2.38. The van der Waals surface area contributed by atoms with Gasteiger partial charge in [-0.3, -0.25) is 0 Å². The molecule has 114 valence electrons. The number of hydrogen-bond donors (Lipinski definition) is 2. The van der Waals surface area contributed by atoms with E-state index in [1.807, 2.05) is 13.8 Å². The molecule has 0 aliphatic carbocycles. The second kappa shape index (κ2) is 7.09. The van der Waals surface area contributed by atoms with E-state index in [4.69, 9.17) is 0 Å². The van der Waals surface area contributed by atoms with Crippen LogP contribution in [-0.2, 0) is 6.54 Å². The molecule has 0 spiro atoms. The fraction of sp³-hybridized carbons (Fsp3) is 0.647. The first kappa shape index (κ1) is 17.0. The zero-order chi connectivity index (χ0) is 15.3. The molecule has 2 N–H and O–H groups in total. The predicted octanol–water partition coefficient (Wildman–Crippen LogP) is 3.09. The predicted molar refractivity (Wildman–Crippen MR) is 87.3 cm³/mol. The van der Waals surface area contributed by atoms with E-state index < -0.39 is 5.60 Å². The first-order chi connectivity index (χ1) is 9.23. The number of anilines is 1. The highest BCUT2D eigenvalue weighted by molar-refractivity contribution is 5.51. The Kier molecular flexibility index (Phi) is 6.03. The summed E-state index contributed by atoms with van der Waals surface area (Å²) in [5.74, 6) is 0. The van der Waals surface area contributed by atoms with Crippen molar-refractivity contribution in [3.8, 4) is 0 Å². The Bertz CT molecular complexity index is 421. The Morgan fingerprint density at radius 3 is 2.40 bits per heavy atom. The summed E-state index contributed by atoms with van der Waals surface area (Å²) < 4.78 is 0. The van der Waals surface area contributed by atoms with Crippen LogP contribution in [0.5, 0.6) is 0 Å². The molecule has 0 saturated carbocycles. The van der Waals surface area contributed by atoms with Gasteiger partial charge in [0, 0.05) is 31.4 Å². The minimum Gasteiger partial charge on any atom is -0.389 e. The van der Waals surface area contributed by atoms with Crippen molar-refractivity contribution < 1.29 is 5.11 Å². The number of aryl methyl sites for hydroxylation is 1. The third kappa shape index (κ3) is 5.51. The van der Waals surface area contributed by atoms with Gasteiger partial charge < -0.3 is 15.3 Å². The van der Waals surface area contributed by atoms with E-state index >= 15 is 0 Å². The Hall–Kier alpha value is -1.06. The number of rotatable bonds is 7. The summed E-state index contributed by atoms with van der Waals surface area (Å²) in [4.78, 5) is 2.21. The van der Waals surface area contributed by atoms with Crippen molar-refractivity contribution >= 4 is 5.69 Å². The number of likely N-dealkylation sites (N-methyl/N-ethyl adjacent to an activating group) is 1. The van der Waals surface area contributed by atoms with Crippen molar-refractivity contribution in [2.24, 2.45) is 0 Å². The maximum absolute atomic E-state index is 10.00. The topological polar surface area (TPSA) is 35.5 Å². The lowest BCUT2D eigenvalue weighted by molar-refractivity contribution is 0.0876. The molecule has 1 aromatic carbocycles. The summed E-state index contributed by atoms with van der Waals surface area (Å²) in [6.45, 7) is 14.7. The summed E-state index contributed by atoms with van der Waals surface area (Å²) >= 11 is 0. The standard InChI is InChI=1S/C17H30N2O/c1-7-19(12-17(5,6)20)16-9-8-15(14(4)10-16)11-18-13(2)3/h8-10,13,18,20H,7,11-12H2,1-6H3. The van der Waals surface area contributed by atoms with Crippen LogP contribution in [0.25, 0.3) is 0 Å². The summed E-state index contributed by atoms with van der Waals surface area (Å²) in [7, 11) is 0. The van der Waals surface area contributed by atoms with Crippen LogP contribution >= 0.6 is 0 Å². The quantitative estimate of drug-likeness (QED) is 0.804. The molecule has 0 amide bonds. The highest BCUT2D eigenvalue weighted by atomic mass is 16.3. The van der Waals surface area contributed by atoms with Gasteiger partial charge in [0.1, 0.15) is 0 Å². The second-order valence-corrected chi connectivity index (χ2v) is 6.47. The van der Waals surface area contributed by atoms with Gasteiger partial charge in [-0.25, -0.2) is 0 Å². The van der Waals surface area contributed by atoms with Gasteiger partial charge in [-0.1, -0.05) is 19.9 Å². The van der Waals surface area contributed by atoms with Crippen LogP contribution in [0.2, 0.25) is 0 Å². The Labute approximate surface area is 124 Å². The van der Waals surface area contributed by atoms with E-state index in [0.717, 1.165) is 13.1 Å². The number of nitrogens with one attached hydrogen (secondary N) is 1. The molecular formula is C17H30N2O. The average molecular weight is 278 g/mol. The summed E-state index contributed by atoms with van der Waals surface area (Å²) in [6.07, 6.45) is 0. The van der Waals surface area contributed by atoms with Crippen molar-refractivity contribution in [2.75, 3.05) is 18.0 Å². The van der Waals surface area contributed by atoms with E-state index in [9.17, 15) is 5.11 Å². The molecule has 0 fully saturated rings. The highest BCUT2D eigenvalue weighted by Crippen LogP contribution is 2.21. The molecule has 3 nitrogen and oxygen atoms in total. The molecule has 0 radical (unpaired) electrons. The summed E-state index contributed by atoms with van der Waals surface area (Å²) in [5.41, 5.74) is 3.13.